The molecule has 0 radical (unpaired) electrons. The molecule has 0 saturated heterocycles. The quantitative estimate of drug-likeness (QED) is 0.717. The van der Waals surface area contributed by atoms with E-state index >= 15 is 0 Å². The first-order valence-corrected chi connectivity index (χ1v) is 7.40. The van der Waals surface area contributed by atoms with E-state index in [1.165, 1.54) is 26.4 Å². The van der Waals surface area contributed by atoms with E-state index in [0.29, 0.717) is 0 Å². The molecule has 0 heterocycles. The Morgan fingerprint density at radius 2 is 1.47 bits per heavy atom. The van der Waals surface area contributed by atoms with Gasteiger partial charge in [0.05, 0.1) is 20.0 Å². The van der Waals surface area contributed by atoms with Crippen LogP contribution in [0.5, 0.6) is 0 Å². The van der Waals surface area contributed by atoms with Gasteiger partial charge in [0.15, 0.2) is 0 Å². The summed E-state index contributed by atoms with van der Waals surface area (Å²) < 4.78 is 9.68. The van der Waals surface area contributed by atoms with Gasteiger partial charge in [-0.1, -0.05) is 33.1 Å². The SMILES string of the molecule is CCCC.COC(=O)CCC(=O)OC1CCCCC1. The Balaban J connectivity index is 0.000000711. The number of unbranched alkanes of at least 4 members (excludes halogenated alkanes) is 1. The first-order valence-electron chi connectivity index (χ1n) is 7.40. The number of rotatable bonds is 5. The second-order valence-corrected chi connectivity index (χ2v) is 4.83. The predicted molar refractivity (Wildman–Crippen MR) is 74.8 cm³/mol. The number of esters is 2. The molecule has 1 aliphatic carbocycles. The van der Waals surface area contributed by atoms with Crippen LogP contribution in [0.1, 0.15) is 71.6 Å². The van der Waals surface area contributed by atoms with Crippen molar-refractivity contribution in [3.05, 3.63) is 0 Å². The Kier molecular flexibility index (Phi) is 11.3. The van der Waals surface area contributed by atoms with Crippen molar-refractivity contribution in [2.24, 2.45) is 0 Å². The van der Waals surface area contributed by atoms with Crippen LogP contribution in [-0.4, -0.2) is 25.2 Å². The summed E-state index contributed by atoms with van der Waals surface area (Å²) in [4.78, 5) is 22.1. The molecule has 4 heteroatoms. The smallest absolute Gasteiger partial charge is 0.306 e. The van der Waals surface area contributed by atoms with Gasteiger partial charge < -0.3 is 9.47 Å². The molecule has 1 rings (SSSR count). The van der Waals surface area contributed by atoms with Crippen molar-refractivity contribution < 1.29 is 19.1 Å². The van der Waals surface area contributed by atoms with Crippen LogP contribution in [0.15, 0.2) is 0 Å². The third-order valence-corrected chi connectivity index (χ3v) is 3.11. The standard InChI is InChI=1S/C11H18O4.C4H10/c1-14-10(12)7-8-11(13)15-9-5-3-2-4-6-9;1-3-4-2/h9H,2-8H2,1H3;3-4H2,1-2H3. The normalized spacial score (nSPS) is 15.1. The van der Waals surface area contributed by atoms with Crippen LogP contribution >= 0.6 is 0 Å². The van der Waals surface area contributed by atoms with E-state index in [0.717, 1.165) is 25.7 Å². The van der Waals surface area contributed by atoms with Gasteiger partial charge in [-0.05, 0) is 25.7 Å². The van der Waals surface area contributed by atoms with Gasteiger partial charge >= 0.3 is 11.9 Å². The Hall–Kier alpha value is -1.06. The van der Waals surface area contributed by atoms with Crippen molar-refractivity contribution in [1.82, 2.24) is 0 Å². The summed E-state index contributed by atoms with van der Waals surface area (Å²) in [6.45, 7) is 4.36. The lowest BCUT2D eigenvalue weighted by Gasteiger charge is -2.21. The molecule has 0 bridgehead atoms. The maximum atomic E-state index is 11.3. The highest BCUT2D eigenvalue weighted by Gasteiger charge is 2.18. The third kappa shape index (κ3) is 10.5. The van der Waals surface area contributed by atoms with E-state index in [-0.39, 0.29) is 30.9 Å². The van der Waals surface area contributed by atoms with Gasteiger partial charge in [-0.25, -0.2) is 0 Å². The van der Waals surface area contributed by atoms with Gasteiger partial charge in [-0.2, -0.15) is 0 Å². The molecule has 4 nitrogen and oxygen atoms in total. The fourth-order valence-corrected chi connectivity index (χ4v) is 1.73. The second-order valence-electron chi connectivity index (χ2n) is 4.83. The van der Waals surface area contributed by atoms with E-state index in [1.54, 1.807) is 0 Å². The molecule has 0 unspecified atom stereocenters. The molecule has 0 atom stereocenters. The highest BCUT2D eigenvalue weighted by atomic mass is 16.5. The molecule has 1 saturated carbocycles. The molecule has 1 aliphatic rings. The lowest BCUT2D eigenvalue weighted by atomic mass is 9.98. The summed E-state index contributed by atoms with van der Waals surface area (Å²) in [6.07, 6.45) is 8.38. The predicted octanol–water partition coefficient (Wildman–Crippen LogP) is 3.62. The van der Waals surface area contributed by atoms with Gasteiger partial charge in [-0.15, -0.1) is 0 Å². The summed E-state index contributed by atoms with van der Waals surface area (Å²) in [6, 6.07) is 0. The molecule has 0 spiro atoms. The number of hydrogen-bond acceptors (Lipinski definition) is 4. The van der Waals surface area contributed by atoms with Gasteiger partial charge in [0, 0.05) is 0 Å². The zero-order chi connectivity index (χ0) is 14.5. The molecule has 112 valence electrons. The van der Waals surface area contributed by atoms with Crippen molar-refractivity contribution >= 4 is 11.9 Å². The number of carbonyl (C=O) groups is 2. The molecule has 0 aromatic heterocycles. The van der Waals surface area contributed by atoms with Crippen molar-refractivity contribution in [2.75, 3.05) is 7.11 Å². The summed E-state index contributed by atoms with van der Waals surface area (Å²) in [5, 5.41) is 0. The molecule has 0 aliphatic heterocycles. The van der Waals surface area contributed by atoms with E-state index in [4.69, 9.17) is 4.74 Å². The molecule has 0 N–H and O–H groups in total. The van der Waals surface area contributed by atoms with E-state index in [9.17, 15) is 9.59 Å². The number of hydrogen-bond donors (Lipinski definition) is 0. The molecule has 0 aromatic carbocycles. The number of carbonyl (C=O) groups excluding carboxylic acids is 2. The molecule has 0 aromatic rings. The van der Waals surface area contributed by atoms with Gasteiger partial charge in [0.2, 0.25) is 0 Å². The fourth-order valence-electron chi connectivity index (χ4n) is 1.73. The fraction of sp³-hybridized carbons (Fsp3) is 0.867. The zero-order valence-electron chi connectivity index (χ0n) is 12.6. The maximum absolute atomic E-state index is 11.3. The Labute approximate surface area is 116 Å². The average Bonchev–Trinajstić information content (AvgIpc) is 2.46. The Morgan fingerprint density at radius 1 is 0.947 bits per heavy atom. The number of methoxy groups -OCH3 is 1. The highest BCUT2D eigenvalue weighted by Crippen LogP contribution is 2.20. The van der Waals surface area contributed by atoms with E-state index in [2.05, 4.69) is 18.6 Å². The molecule has 0 amide bonds. The summed E-state index contributed by atoms with van der Waals surface area (Å²) in [5.41, 5.74) is 0. The monoisotopic (exact) mass is 272 g/mol. The van der Waals surface area contributed by atoms with Crippen LogP contribution in [0.4, 0.5) is 0 Å². The molecule has 1 fully saturated rings. The van der Waals surface area contributed by atoms with Crippen LogP contribution in [0.2, 0.25) is 0 Å². The maximum Gasteiger partial charge on any atom is 0.306 e. The van der Waals surface area contributed by atoms with Crippen LogP contribution in [0.25, 0.3) is 0 Å². The van der Waals surface area contributed by atoms with E-state index < -0.39 is 0 Å². The second kappa shape index (κ2) is 12.0. The van der Waals surface area contributed by atoms with Gasteiger partial charge in [0.25, 0.3) is 0 Å². The van der Waals surface area contributed by atoms with Crippen molar-refractivity contribution in [3.63, 3.8) is 0 Å². The van der Waals surface area contributed by atoms with Crippen molar-refractivity contribution in [3.8, 4) is 0 Å². The lowest BCUT2D eigenvalue weighted by Crippen LogP contribution is -2.21. The summed E-state index contributed by atoms with van der Waals surface area (Å²) in [7, 11) is 1.31. The summed E-state index contributed by atoms with van der Waals surface area (Å²) in [5.74, 6) is -0.650. The van der Waals surface area contributed by atoms with Gasteiger partial charge in [-0.3, -0.25) is 9.59 Å². The highest BCUT2D eigenvalue weighted by molar-refractivity contribution is 5.77. The minimum absolute atomic E-state index is 0.0731. The van der Waals surface area contributed by atoms with Crippen LogP contribution in [0, 0.1) is 0 Å². The van der Waals surface area contributed by atoms with Crippen molar-refractivity contribution in [2.45, 2.75) is 77.7 Å². The third-order valence-electron chi connectivity index (χ3n) is 3.11. The van der Waals surface area contributed by atoms with Crippen LogP contribution in [0.3, 0.4) is 0 Å². The largest absolute Gasteiger partial charge is 0.469 e. The van der Waals surface area contributed by atoms with Crippen LogP contribution in [-0.2, 0) is 19.1 Å². The first kappa shape index (κ1) is 17.9. The number of ether oxygens (including phenoxy) is 2. The Morgan fingerprint density at radius 3 is 1.95 bits per heavy atom. The van der Waals surface area contributed by atoms with E-state index in [1.807, 2.05) is 0 Å². The van der Waals surface area contributed by atoms with Gasteiger partial charge in [0.1, 0.15) is 6.10 Å². The molecule has 19 heavy (non-hydrogen) atoms. The zero-order valence-corrected chi connectivity index (χ0v) is 12.6. The molecular weight excluding hydrogens is 244 g/mol. The molecular formula is C15H28O4. The summed E-state index contributed by atoms with van der Waals surface area (Å²) >= 11 is 0. The van der Waals surface area contributed by atoms with Crippen LogP contribution < -0.4 is 0 Å². The average molecular weight is 272 g/mol. The minimum Gasteiger partial charge on any atom is -0.469 e. The van der Waals surface area contributed by atoms with Crippen molar-refractivity contribution in [1.29, 1.82) is 0 Å². The lowest BCUT2D eigenvalue weighted by molar-refractivity contribution is -0.153. The first-order chi connectivity index (χ1) is 9.13. The topological polar surface area (TPSA) is 52.6 Å². The minimum atomic E-state index is -0.365. The Bertz CT molecular complexity index is 243.